The first-order valence-corrected chi connectivity index (χ1v) is 9.96. The number of amides is 1. The van der Waals surface area contributed by atoms with Crippen LogP contribution in [-0.4, -0.2) is 36.6 Å². The van der Waals surface area contributed by atoms with E-state index in [1.54, 1.807) is 11.8 Å². The van der Waals surface area contributed by atoms with E-state index < -0.39 is 0 Å². The Morgan fingerprint density at radius 3 is 2.00 bits per heavy atom. The van der Waals surface area contributed by atoms with E-state index in [-0.39, 0.29) is 28.9 Å². The third-order valence-corrected chi connectivity index (χ3v) is 6.91. The number of fused-ring (bicyclic) bond motifs is 2. The maximum absolute atomic E-state index is 13.6. The normalized spacial score (nSPS) is 18.9. The number of hydrogen-bond donors (Lipinski definition) is 0. The van der Waals surface area contributed by atoms with Gasteiger partial charge in [-0.3, -0.25) is 9.69 Å². The number of likely N-dealkylation sites (tertiary alicyclic amines) is 1. The summed E-state index contributed by atoms with van der Waals surface area (Å²) in [5, 5.41) is 0. The minimum Gasteiger partial charge on any atom is -1.00 e. The molecule has 2 aliphatic heterocycles. The number of quaternary nitrogens is 1. The number of hydrogen-bond acceptors (Lipinski definition) is 2. The maximum atomic E-state index is 13.6. The molecule has 26 heavy (non-hydrogen) atoms. The van der Waals surface area contributed by atoms with E-state index in [4.69, 9.17) is 0 Å². The van der Waals surface area contributed by atoms with Gasteiger partial charge in [0.25, 0.3) is 5.91 Å². The predicted molar refractivity (Wildman–Crippen MR) is 103 cm³/mol. The highest BCUT2D eigenvalue weighted by Gasteiger charge is 2.40. The minimum atomic E-state index is -0.0375. The number of likely N-dealkylation sites (N-methyl/N-ethyl adjacent to an activating group) is 1. The van der Waals surface area contributed by atoms with Crippen molar-refractivity contribution in [3.63, 3.8) is 0 Å². The molecule has 1 unspecified atom stereocenters. The third-order valence-electron chi connectivity index (χ3n) is 5.78. The number of benzene rings is 2. The SMILES string of the molecule is CC(C(=O)N1c2ccccc2Sc2ccccc21)[N+]1(C)CCCCC1.[Br-]. The van der Waals surface area contributed by atoms with E-state index >= 15 is 0 Å². The number of para-hydroxylation sites is 2. The molecule has 2 heterocycles. The van der Waals surface area contributed by atoms with Gasteiger partial charge in [0, 0.05) is 9.79 Å². The highest BCUT2D eigenvalue weighted by Crippen LogP contribution is 2.48. The van der Waals surface area contributed by atoms with Crippen molar-refractivity contribution in [1.82, 2.24) is 0 Å². The summed E-state index contributed by atoms with van der Waals surface area (Å²) in [6, 6.07) is 16.5. The van der Waals surface area contributed by atoms with Crippen molar-refractivity contribution in [3.8, 4) is 0 Å². The topological polar surface area (TPSA) is 20.3 Å². The molecule has 138 valence electrons. The van der Waals surface area contributed by atoms with Gasteiger partial charge in [-0.05, 0) is 50.5 Å². The van der Waals surface area contributed by atoms with E-state index in [9.17, 15) is 4.79 Å². The lowest BCUT2D eigenvalue weighted by Gasteiger charge is -2.44. The molecule has 5 heteroatoms. The van der Waals surface area contributed by atoms with Gasteiger partial charge < -0.3 is 21.5 Å². The first-order valence-electron chi connectivity index (χ1n) is 9.14. The molecule has 0 spiro atoms. The first-order chi connectivity index (χ1) is 12.1. The first kappa shape index (κ1) is 19.5. The third kappa shape index (κ3) is 3.32. The van der Waals surface area contributed by atoms with Gasteiger partial charge in [0.2, 0.25) is 0 Å². The number of halogens is 1. The van der Waals surface area contributed by atoms with Crippen molar-refractivity contribution in [3.05, 3.63) is 48.5 Å². The minimum absolute atomic E-state index is 0. The second-order valence-electron chi connectivity index (χ2n) is 7.37. The molecule has 1 fully saturated rings. The summed E-state index contributed by atoms with van der Waals surface area (Å²) in [6.45, 7) is 4.30. The molecule has 0 N–H and O–H groups in total. The smallest absolute Gasteiger partial charge is 0.289 e. The summed E-state index contributed by atoms with van der Waals surface area (Å²) in [4.78, 5) is 17.9. The fourth-order valence-electron chi connectivity index (χ4n) is 4.02. The van der Waals surface area contributed by atoms with Gasteiger partial charge in [-0.15, -0.1) is 0 Å². The average molecular weight is 433 g/mol. The monoisotopic (exact) mass is 432 g/mol. The molecule has 0 bridgehead atoms. The summed E-state index contributed by atoms with van der Waals surface area (Å²) in [5.41, 5.74) is 2.04. The quantitative estimate of drug-likeness (QED) is 0.674. The molecule has 0 aliphatic carbocycles. The van der Waals surface area contributed by atoms with Crippen LogP contribution in [0.5, 0.6) is 0 Å². The van der Waals surface area contributed by atoms with E-state index in [1.807, 2.05) is 29.2 Å². The van der Waals surface area contributed by atoms with Crippen molar-refractivity contribution < 1.29 is 26.3 Å². The van der Waals surface area contributed by atoms with Gasteiger partial charge >= 0.3 is 0 Å². The van der Waals surface area contributed by atoms with Crippen LogP contribution in [0.2, 0.25) is 0 Å². The van der Waals surface area contributed by atoms with E-state index in [1.165, 1.54) is 19.3 Å². The predicted octanol–water partition coefficient (Wildman–Crippen LogP) is 1.84. The van der Waals surface area contributed by atoms with Gasteiger partial charge in [0.1, 0.15) is 0 Å². The Kier molecular flexibility index (Phi) is 5.80. The Labute approximate surface area is 170 Å². The molecule has 2 aliphatic rings. The second-order valence-corrected chi connectivity index (χ2v) is 8.46. The fraction of sp³-hybridized carbons (Fsp3) is 0.381. The lowest BCUT2D eigenvalue weighted by atomic mass is 10.0. The Morgan fingerprint density at radius 1 is 0.962 bits per heavy atom. The molecule has 2 aromatic rings. The van der Waals surface area contributed by atoms with Crippen LogP contribution < -0.4 is 21.9 Å². The summed E-state index contributed by atoms with van der Waals surface area (Å²) in [5.74, 6) is 0.213. The summed E-state index contributed by atoms with van der Waals surface area (Å²) < 4.78 is 0.854. The van der Waals surface area contributed by atoms with Crippen LogP contribution in [-0.2, 0) is 4.79 Å². The summed E-state index contributed by atoms with van der Waals surface area (Å²) >= 11 is 1.75. The zero-order valence-corrected chi connectivity index (χ0v) is 17.7. The van der Waals surface area contributed by atoms with Crippen LogP contribution in [0.3, 0.4) is 0 Å². The zero-order chi connectivity index (χ0) is 17.4. The molecular weight excluding hydrogens is 408 g/mol. The molecule has 4 rings (SSSR count). The lowest BCUT2D eigenvalue weighted by molar-refractivity contribution is -0.927. The zero-order valence-electron chi connectivity index (χ0n) is 15.3. The lowest BCUT2D eigenvalue weighted by Crippen LogP contribution is -3.00. The van der Waals surface area contributed by atoms with Gasteiger partial charge in [-0.25, -0.2) is 0 Å². The van der Waals surface area contributed by atoms with Crippen molar-refractivity contribution in [2.24, 2.45) is 0 Å². The Balaban J connectivity index is 0.00000196. The van der Waals surface area contributed by atoms with E-state index in [0.29, 0.717) is 0 Å². The molecule has 0 aromatic heterocycles. The van der Waals surface area contributed by atoms with Gasteiger partial charge in [0.05, 0.1) is 31.5 Å². The Hall–Kier alpha value is -1.30. The number of rotatable bonds is 2. The van der Waals surface area contributed by atoms with Crippen molar-refractivity contribution in [2.75, 3.05) is 25.0 Å². The van der Waals surface area contributed by atoms with Gasteiger partial charge in [-0.2, -0.15) is 0 Å². The molecule has 2 aromatic carbocycles. The summed E-state index contributed by atoms with van der Waals surface area (Å²) in [7, 11) is 2.25. The number of anilines is 2. The standard InChI is InChI=1S/C21H25N2OS.BrH/c1-16(23(2)14-8-3-9-15-23)21(24)22-17-10-4-6-12-19(17)25-20-13-7-5-11-18(20)22;/h4-7,10-13,16H,3,8-9,14-15H2,1-2H3;1H/q+1;/p-1. The summed E-state index contributed by atoms with van der Waals surface area (Å²) in [6.07, 6.45) is 3.73. The van der Waals surface area contributed by atoms with Crippen molar-refractivity contribution >= 4 is 29.0 Å². The molecular formula is C21H25BrN2OS. The second kappa shape index (κ2) is 7.75. The van der Waals surface area contributed by atoms with Crippen LogP contribution >= 0.6 is 11.8 Å². The molecule has 0 radical (unpaired) electrons. The molecule has 1 amide bonds. The number of carbonyl (C=O) groups excluding carboxylic acids is 1. The van der Waals surface area contributed by atoms with Crippen molar-refractivity contribution in [2.45, 2.75) is 42.0 Å². The Bertz CT molecular complexity index is 759. The Morgan fingerprint density at radius 2 is 1.46 bits per heavy atom. The van der Waals surface area contributed by atoms with E-state index in [0.717, 1.165) is 38.7 Å². The van der Waals surface area contributed by atoms with E-state index in [2.05, 4.69) is 38.2 Å². The van der Waals surface area contributed by atoms with Crippen LogP contribution in [0.15, 0.2) is 58.3 Å². The highest BCUT2D eigenvalue weighted by atomic mass is 79.9. The number of piperidine rings is 1. The van der Waals surface area contributed by atoms with Crippen LogP contribution in [0.1, 0.15) is 26.2 Å². The maximum Gasteiger partial charge on any atom is 0.289 e. The molecule has 0 saturated carbocycles. The van der Waals surface area contributed by atoms with Gasteiger partial charge in [0.15, 0.2) is 6.04 Å². The molecule has 3 nitrogen and oxygen atoms in total. The van der Waals surface area contributed by atoms with Crippen LogP contribution in [0.4, 0.5) is 11.4 Å². The highest BCUT2D eigenvalue weighted by molar-refractivity contribution is 7.99. The molecule has 1 saturated heterocycles. The van der Waals surface area contributed by atoms with Gasteiger partial charge in [-0.1, -0.05) is 36.0 Å². The van der Waals surface area contributed by atoms with Crippen LogP contribution in [0, 0.1) is 0 Å². The van der Waals surface area contributed by atoms with Crippen molar-refractivity contribution in [1.29, 1.82) is 0 Å². The number of carbonyl (C=O) groups is 1. The van der Waals surface area contributed by atoms with Crippen LogP contribution in [0.25, 0.3) is 0 Å². The molecule has 1 atom stereocenters. The number of nitrogens with zero attached hydrogens (tertiary/aromatic N) is 2. The fourth-order valence-corrected chi connectivity index (χ4v) is 5.08. The largest absolute Gasteiger partial charge is 1.00 e. The average Bonchev–Trinajstić information content (AvgIpc) is 2.65.